The summed E-state index contributed by atoms with van der Waals surface area (Å²) in [6.07, 6.45) is 4.11. The Kier molecular flexibility index (Phi) is 6.25. The fourth-order valence-corrected chi connectivity index (χ4v) is 2.09. The smallest absolute Gasteiger partial charge is 0.225 e. The maximum atomic E-state index is 11.8. The summed E-state index contributed by atoms with van der Waals surface area (Å²) in [6.45, 7) is 3.46. The Morgan fingerprint density at radius 3 is 3.07 bits per heavy atom. The Bertz CT molecular complexity index is 193. The molecule has 1 amide bonds. The molecule has 0 spiro atoms. The van der Waals surface area contributed by atoms with Crippen LogP contribution >= 0.6 is 15.9 Å². The van der Waals surface area contributed by atoms with E-state index in [1.54, 1.807) is 0 Å². The Labute approximate surface area is 100 Å². The van der Waals surface area contributed by atoms with E-state index >= 15 is 0 Å². The largest absolute Gasteiger partial charge is 0.381 e. The number of carbonyl (C=O) groups is 1. The van der Waals surface area contributed by atoms with Crippen LogP contribution in [0.5, 0.6) is 0 Å². The molecule has 1 aliphatic heterocycles. The molecule has 2 atom stereocenters. The summed E-state index contributed by atoms with van der Waals surface area (Å²) >= 11 is 3.39. The highest BCUT2D eigenvalue weighted by Gasteiger charge is 2.22. The van der Waals surface area contributed by atoms with Gasteiger partial charge in [-0.15, -0.1) is 0 Å². The van der Waals surface area contributed by atoms with Gasteiger partial charge in [0.25, 0.3) is 0 Å². The summed E-state index contributed by atoms with van der Waals surface area (Å²) in [7, 11) is 0. The first-order valence-corrected chi connectivity index (χ1v) is 6.80. The zero-order valence-electron chi connectivity index (χ0n) is 9.30. The summed E-state index contributed by atoms with van der Waals surface area (Å²) in [5.41, 5.74) is 0. The van der Waals surface area contributed by atoms with E-state index in [0.717, 1.165) is 37.6 Å². The quantitative estimate of drug-likeness (QED) is 0.782. The minimum absolute atomic E-state index is 0.0742. The molecule has 1 N–H and O–H groups in total. The second kappa shape index (κ2) is 7.23. The van der Waals surface area contributed by atoms with E-state index < -0.39 is 0 Å². The van der Waals surface area contributed by atoms with Gasteiger partial charge in [-0.2, -0.15) is 0 Å². The van der Waals surface area contributed by atoms with Crippen molar-refractivity contribution in [3.05, 3.63) is 0 Å². The van der Waals surface area contributed by atoms with Gasteiger partial charge in [-0.25, -0.2) is 0 Å². The molecular weight excluding hydrogens is 258 g/mol. The third-order valence-corrected chi connectivity index (χ3v) is 3.25. The van der Waals surface area contributed by atoms with Gasteiger partial charge in [0, 0.05) is 18.0 Å². The van der Waals surface area contributed by atoms with Crippen molar-refractivity contribution in [3.8, 4) is 0 Å². The van der Waals surface area contributed by atoms with Gasteiger partial charge in [0.2, 0.25) is 5.91 Å². The molecule has 1 heterocycles. The van der Waals surface area contributed by atoms with Crippen LogP contribution in [0.15, 0.2) is 0 Å². The molecule has 1 fully saturated rings. The molecule has 0 aromatic rings. The van der Waals surface area contributed by atoms with E-state index in [4.69, 9.17) is 4.74 Å². The molecule has 88 valence electrons. The lowest BCUT2D eigenvalue weighted by molar-refractivity contribution is -0.129. The van der Waals surface area contributed by atoms with Crippen LogP contribution in [0.2, 0.25) is 0 Å². The van der Waals surface area contributed by atoms with E-state index in [-0.39, 0.29) is 17.9 Å². The van der Waals surface area contributed by atoms with E-state index in [9.17, 15) is 4.79 Å². The third-order valence-electron chi connectivity index (χ3n) is 2.69. The fourth-order valence-electron chi connectivity index (χ4n) is 1.76. The Morgan fingerprint density at radius 1 is 1.67 bits per heavy atom. The first-order chi connectivity index (χ1) is 7.24. The predicted molar refractivity (Wildman–Crippen MR) is 64.2 cm³/mol. The molecule has 0 aliphatic carbocycles. The van der Waals surface area contributed by atoms with Gasteiger partial charge in [-0.3, -0.25) is 4.79 Å². The van der Waals surface area contributed by atoms with Gasteiger partial charge < -0.3 is 10.1 Å². The molecule has 15 heavy (non-hydrogen) atoms. The van der Waals surface area contributed by atoms with E-state index in [0.29, 0.717) is 6.61 Å². The SMILES string of the molecule is CC(CCCBr)NC(=O)C1CCCOC1. The van der Waals surface area contributed by atoms with Crippen molar-refractivity contribution in [3.63, 3.8) is 0 Å². The van der Waals surface area contributed by atoms with Crippen molar-refractivity contribution in [1.82, 2.24) is 5.32 Å². The van der Waals surface area contributed by atoms with Crippen LogP contribution in [-0.4, -0.2) is 30.5 Å². The van der Waals surface area contributed by atoms with Gasteiger partial charge in [-0.1, -0.05) is 15.9 Å². The number of alkyl halides is 1. The second-order valence-electron chi connectivity index (χ2n) is 4.15. The van der Waals surface area contributed by atoms with E-state index in [2.05, 4.69) is 28.2 Å². The standard InChI is InChI=1S/C11H20BrNO2/c1-9(4-2-6-12)13-11(14)10-5-3-7-15-8-10/h9-10H,2-8H2,1H3,(H,13,14). The van der Waals surface area contributed by atoms with Crippen LogP contribution in [0.1, 0.15) is 32.6 Å². The van der Waals surface area contributed by atoms with Crippen molar-refractivity contribution in [2.24, 2.45) is 5.92 Å². The van der Waals surface area contributed by atoms with Gasteiger partial charge >= 0.3 is 0 Å². The summed E-state index contributed by atoms with van der Waals surface area (Å²) in [5, 5.41) is 4.04. The number of amides is 1. The van der Waals surface area contributed by atoms with Crippen molar-refractivity contribution in [2.75, 3.05) is 18.5 Å². The minimum atomic E-state index is 0.0742. The Balaban J connectivity index is 2.21. The summed E-state index contributed by atoms with van der Waals surface area (Å²) < 4.78 is 5.30. The van der Waals surface area contributed by atoms with Crippen molar-refractivity contribution in [1.29, 1.82) is 0 Å². The molecule has 2 unspecified atom stereocenters. The molecule has 4 heteroatoms. The maximum absolute atomic E-state index is 11.8. The van der Waals surface area contributed by atoms with E-state index in [1.807, 2.05) is 0 Å². The van der Waals surface area contributed by atoms with Crippen molar-refractivity contribution < 1.29 is 9.53 Å². The number of hydrogen-bond acceptors (Lipinski definition) is 2. The van der Waals surface area contributed by atoms with Crippen LogP contribution in [0, 0.1) is 5.92 Å². The van der Waals surface area contributed by atoms with Crippen LogP contribution in [0.25, 0.3) is 0 Å². The van der Waals surface area contributed by atoms with Gasteiger partial charge in [0.15, 0.2) is 0 Å². The molecule has 0 bridgehead atoms. The molecule has 1 aliphatic rings. The van der Waals surface area contributed by atoms with Crippen molar-refractivity contribution >= 4 is 21.8 Å². The van der Waals surface area contributed by atoms with Crippen LogP contribution in [0.3, 0.4) is 0 Å². The number of carbonyl (C=O) groups excluding carboxylic acids is 1. The lowest BCUT2D eigenvalue weighted by Crippen LogP contribution is -2.40. The average molecular weight is 278 g/mol. The number of nitrogens with one attached hydrogen (secondary N) is 1. The first kappa shape index (κ1) is 13.0. The molecule has 0 saturated carbocycles. The minimum Gasteiger partial charge on any atom is -0.381 e. The normalized spacial score (nSPS) is 23.5. The number of rotatable bonds is 5. The lowest BCUT2D eigenvalue weighted by atomic mass is 10.0. The van der Waals surface area contributed by atoms with Gasteiger partial charge in [0.05, 0.1) is 12.5 Å². The molecule has 1 saturated heterocycles. The number of halogens is 1. The van der Waals surface area contributed by atoms with Crippen LogP contribution < -0.4 is 5.32 Å². The summed E-state index contributed by atoms with van der Waals surface area (Å²) in [4.78, 5) is 11.8. The van der Waals surface area contributed by atoms with Crippen LogP contribution in [-0.2, 0) is 9.53 Å². The average Bonchev–Trinajstić information content (AvgIpc) is 2.27. The van der Waals surface area contributed by atoms with Crippen molar-refractivity contribution in [2.45, 2.75) is 38.6 Å². The highest BCUT2D eigenvalue weighted by atomic mass is 79.9. The topological polar surface area (TPSA) is 38.3 Å². The second-order valence-corrected chi connectivity index (χ2v) is 4.95. The third kappa shape index (κ3) is 4.98. The molecule has 0 aromatic carbocycles. The lowest BCUT2D eigenvalue weighted by Gasteiger charge is -2.23. The van der Waals surface area contributed by atoms with Gasteiger partial charge in [0.1, 0.15) is 0 Å². The Hall–Kier alpha value is -0.0900. The molecule has 1 rings (SSSR count). The first-order valence-electron chi connectivity index (χ1n) is 5.68. The monoisotopic (exact) mass is 277 g/mol. The van der Waals surface area contributed by atoms with Gasteiger partial charge in [-0.05, 0) is 32.6 Å². The Morgan fingerprint density at radius 2 is 2.47 bits per heavy atom. The molecule has 0 aromatic heterocycles. The molecule has 3 nitrogen and oxygen atoms in total. The summed E-state index contributed by atoms with van der Waals surface area (Å²) in [6, 6.07) is 0.275. The fraction of sp³-hybridized carbons (Fsp3) is 0.909. The predicted octanol–water partition coefficient (Wildman–Crippen LogP) is 2.09. The zero-order valence-corrected chi connectivity index (χ0v) is 10.9. The zero-order chi connectivity index (χ0) is 11.1. The van der Waals surface area contributed by atoms with E-state index in [1.165, 1.54) is 0 Å². The maximum Gasteiger partial charge on any atom is 0.225 e. The molecule has 0 radical (unpaired) electrons. The number of hydrogen-bond donors (Lipinski definition) is 1. The highest BCUT2D eigenvalue weighted by Crippen LogP contribution is 2.14. The van der Waals surface area contributed by atoms with Crippen LogP contribution in [0.4, 0.5) is 0 Å². The summed E-state index contributed by atoms with van der Waals surface area (Å²) in [5.74, 6) is 0.238. The molecular formula is C11H20BrNO2. The highest BCUT2D eigenvalue weighted by molar-refractivity contribution is 9.09. The number of ether oxygens (including phenoxy) is 1.